The number of urea groups is 1. The molecule has 1 saturated heterocycles. The van der Waals surface area contributed by atoms with Crippen molar-refractivity contribution in [2.45, 2.75) is 17.7 Å². The fraction of sp³-hybridized carbons (Fsp3) is 0.133. The second kappa shape index (κ2) is 11.9. The molecule has 1 fully saturated rings. The van der Waals surface area contributed by atoms with Gasteiger partial charge in [0.1, 0.15) is 0 Å². The van der Waals surface area contributed by atoms with Gasteiger partial charge in [-0.25, -0.2) is 4.79 Å². The second-order valence-electron chi connectivity index (χ2n) is 9.20. The van der Waals surface area contributed by atoms with Crippen molar-refractivity contribution in [3.05, 3.63) is 95.7 Å². The lowest BCUT2D eigenvalue weighted by atomic mass is 9.93. The Morgan fingerprint density at radius 2 is 1.65 bits per heavy atom. The summed E-state index contributed by atoms with van der Waals surface area (Å²) in [7, 11) is 0. The zero-order valence-electron chi connectivity index (χ0n) is 21.3. The number of hydrogen-bond acceptors (Lipinski definition) is 6. The van der Waals surface area contributed by atoms with Crippen molar-refractivity contribution in [1.29, 1.82) is 5.26 Å². The van der Waals surface area contributed by atoms with E-state index in [2.05, 4.69) is 21.7 Å². The smallest absolute Gasteiger partial charge is 0.323 e. The van der Waals surface area contributed by atoms with E-state index in [1.165, 1.54) is 11.1 Å². The molecule has 5 rings (SSSR count). The van der Waals surface area contributed by atoms with E-state index in [0.717, 1.165) is 11.1 Å². The third-order valence-corrected chi connectivity index (χ3v) is 7.29. The number of amides is 3. The first-order chi connectivity index (χ1) is 19.5. The van der Waals surface area contributed by atoms with Gasteiger partial charge in [0.05, 0.1) is 28.4 Å². The van der Waals surface area contributed by atoms with Crippen LogP contribution < -0.4 is 10.6 Å². The number of ketones is 1. The van der Waals surface area contributed by atoms with Crippen LogP contribution in [0.5, 0.6) is 0 Å². The molecule has 9 nitrogen and oxygen atoms in total. The van der Waals surface area contributed by atoms with Gasteiger partial charge in [-0.1, -0.05) is 42.5 Å². The first kappa shape index (κ1) is 26.7. The van der Waals surface area contributed by atoms with Crippen LogP contribution in [0.3, 0.4) is 0 Å². The molecule has 1 aliphatic heterocycles. The maximum atomic E-state index is 13.2. The lowest BCUT2D eigenvalue weighted by Gasteiger charge is -2.28. The number of nitriles is 1. The number of fused-ring (bicyclic) bond motifs is 1. The number of carbonyl (C=O) groups is 3. The first-order valence-corrected chi connectivity index (χ1v) is 13.4. The summed E-state index contributed by atoms with van der Waals surface area (Å²) in [6.45, 7) is 0.705. The average Bonchev–Trinajstić information content (AvgIpc) is 3.43. The predicted molar refractivity (Wildman–Crippen MR) is 155 cm³/mol. The summed E-state index contributed by atoms with van der Waals surface area (Å²) in [4.78, 5) is 44.2. The average molecular weight is 552 g/mol. The van der Waals surface area contributed by atoms with E-state index in [-0.39, 0.29) is 5.56 Å². The second-order valence-corrected chi connectivity index (χ2v) is 9.86. The van der Waals surface area contributed by atoms with Gasteiger partial charge in [-0.2, -0.15) is 5.26 Å². The van der Waals surface area contributed by atoms with Crippen LogP contribution in [-0.4, -0.2) is 45.2 Å². The van der Waals surface area contributed by atoms with Gasteiger partial charge in [0.15, 0.2) is 0 Å². The van der Waals surface area contributed by atoms with Crippen LogP contribution in [0.4, 0.5) is 16.2 Å². The molecule has 4 N–H and O–H groups in total. The highest BCUT2D eigenvalue weighted by molar-refractivity contribution is 7.93. The van der Waals surface area contributed by atoms with E-state index < -0.39 is 17.7 Å². The number of anilines is 2. The van der Waals surface area contributed by atoms with Gasteiger partial charge >= 0.3 is 6.03 Å². The first-order valence-electron chi connectivity index (χ1n) is 12.6. The van der Waals surface area contributed by atoms with Crippen molar-refractivity contribution < 1.29 is 18.9 Å². The number of nitrogens with zero attached hydrogens (tertiary/aromatic N) is 2. The molecule has 0 saturated carbocycles. The number of allylic oxidation sites excluding steroid dienone is 1. The largest absolute Gasteiger partial charge is 0.359 e. The molecular weight excluding hydrogens is 526 g/mol. The SMILES string of the molecule is N#CC(=C1CCN(C(=O)C(=O)c2c[nH]c3c(NC(=O)Nc4ccc(SO)cc4)cccc23)CC1)c1ccccc1. The Bertz CT molecular complexity index is 1650. The van der Waals surface area contributed by atoms with E-state index in [9.17, 15) is 19.6 Å². The number of rotatable bonds is 6. The van der Waals surface area contributed by atoms with E-state index in [4.69, 9.17) is 4.55 Å². The van der Waals surface area contributed by atoms with Crippen LogP contribution >= 0.6 is 12.0 Å². The number of H-pyrrole nitrogens is 1. The molecular formula is C30H25N5O4S. The highest BCUT2D eigenvalue weighted by Crippen LogP contribution is 2.29. The normalized spacial score (nSPS) is 13.0. The molecule has 0 unspecified atom stereocenters. The molecule has 1 aromatic heterocycles. The van der Waals surface area contributed by atoms with Crippen LogP contribution in [0.15, 0.2) is 89.5 Å². The minimum Gasteiger partial charge on any atom is -0.359 e. The fourth-order valence-electron chi connectivity index (χ4n) is 4.77. The van der Waals surface area contributed by atoms with E-state index in [1.54, 1.807) is 42.5 Å². The third kappa shape index (κ3) is 5.61. The van der Waals surface area contributed by atoms with Gasteiger partial charge in [-0.05, 0) is 54.3 Å². The van der Waals surface area contributed by atoms with Gasteiger partial charge in [-0.15, -0.1) is 0 Å². The predicted octanol–water partition coefficient (Wildman–Crippen LogP) is 6.16. The van der Waals surface area contributed by atoms with Gasteiger partial charge in [0.2, 0.25) is 0 Å². The number of carbonyl (C=O) groups excluding carboxylic acids is 3. The molecule has 2 heterocycles. The minimum absolute atomic E-state index is 0.226. The van der Waals surface area contributed by atoms with Crippen molar-refractivity contribution in [2.24, 2.45) is 0 Å². The number of nitrogens with one attached hydrogen (secondary N) is 3. The Kier molecular flexibility index (Phi) is 7.96. The monoisotopic (exact) mass is 551 g/mol. The summed E-state index contributed by atoms with van der Waals surface area (Å²) in [5, 5.41) is 15.7. The van der Waals surface area contributed by atoms with Crippen molar-refractivity contribution in [3.8, 4) is 6.07 Å². The van der Waals surface area contributed by atoms with Gasteiger partial charge in [-0.3, -0.25) is 9.59 Å². The van der Waals surface area contributed by atoms with E-state index in [0.29, 0.717) is 70.7 Å². The summed E-state index contributed by atoms with van der Waals surface area (Å²) in [6, 6.07) is 23.0. The molecule has 3 amide bonds. The summed E-state index contributed by atoms with van der Waals surface area (Å²) < 4.78 is 9.09. The van der Waals surface area contributed by atoms with Crippen molar-refractivity contribution >= 4 is 57.6 Å². The number of likely N-dealkylation sites (tertiary alicyclic amines) is 1. The maximum absolute atomic E-state index is 13.2. The Balaban J connectivity index is 1.27. The lowest BCUT2D eigenvalue weighted by Crippen LogP contribution is -2.40. The Morgan fingerprint density at radius 3 is 2.33 bits per heavy atom. The summed E-state index contributed by atoms with van der Waals surface area (Å²) in [5.41, 5.74) is 4.19. The zero-order valence-corrected chi connectivity index (χ0v) is 22.1. The number of aromatic nitrogens is 1. The third-order valence-electron chi connectivity index (χ3n) is 6.80. The van der Waals surface area contributed by atoms with Gasteiger partial charge in [0.25, 0.3) is 11.7 Å². The number of piperidine rings is 1. The topological polar surface area (TPSA) is 138 Å². The Morgan fingerprint density at radius 1 is 0.925 bits per heavy atom. The van der Waals surface area contributed by atoms with Crippen molar-refractivity contribution in [2.75, 3.05) is 23.7 Å². The van der Waals surface area contributed by atoms with Gasteiger partial charge < -0.3 is 25.1 Å². The standard InChI is InChI=1S/C30H25N5O4S/c31-17-24(19-5-2-1-3-6-19)20-13-15-35(16-14-20)29(37)28(36)25-18-32-27-23(25)7-4-8-26(27)34-30(38)33-21-9-11-22(40-39)12-10-21/h1-12,18,32,39H,13-16H2,(H2,33,34,38). The van der Waals surface area contributed by atoms with Crippen LogP contribution in [0.25, 0.3) is 16.5 Å². The molecule has 40 heavy (non-hydrogen) atoms. The highest BCUT2D eigenvalue weighted by Gasteiger charge is 2.29. The molecule has 1 aliphatic rings. The lowest BCUT2D eigenvalue weighted by molar-refractivity contribution is -0.126. The molecule has 0 radical (unpaired) electrons. The number of Topliss-reactive ketones (excluding diaryl/α,β-unsaturated/α-hetero) is 1. The van der Waals surface area contributed by atoms with E-state index in [1.807, 2.05) is 30.3 Å². The van der Waals surface area contributed by atoms with Crippen LogP contribution in [0, 0.1) is 11.3 Å². The molecule has 4 aromatic rings. The summed E-state index contributed by atoms with van der Waals surface area (Å²) in [5.74, 6) is -1.23. The number of para-hydroxylation sites is 1. The molecule has 0 bridgehead atoms. The minimum atomic E-state index is -0.634. The molecule has 3 aromatic carbocycles. The zero-order chi connectivity index (χ0) is 28.1. The maximum Gasteiger partial charge on any atom is 0.323 e. The molecule has 10 heteroatoms. The van der Waals surface area contributed by atoms with Crippen molar-refractivity contribution in [1.82, 2.24) is 9.88 Å². The molecule has 0 spiro atoms. The number of aromatic amines is 1. The molecule has 200 valence electrons. The number of benzene rings is 3. The Hall–Kier alpha value is -4.85. The molecule has 0 aliphatic carbocycles. The number of hydrogen-bond donors (Lipinski definition) is 4. The summed E-state index contributed by atoms with van der Waals surface area (Å²) >= 11 is 0.616. The Labute approximate surface area is 234 Å². The fourth-order valence-corrected chi connectivity index (χ4v) is 5.03. The highest BCUT2D eigenvalue weighted by atomic mass is 32.2. The van der Waals surface area contributed by atoms with Crippen molar-refractivity contribution in [3.63, 3.8) is 0 Å². The molecule has 0 atom stereocenters. The van der Waals surface area contributed by atoms with Crippen LogP contribution in [0.2, 0.25) is 0 Å². The summed E-state index contributed by atoms with van der Waals surface area (Å²) in [6.07, 6.45) is 2.53. The van der Waals surface area contributed by atoms with Crippen LogP contribution in [-0.2, 0) is 4.79 Å². The van der Waals surface area contributed by atoms with E-state index >= 15 is 0 Å². The van der Waals surface area contributed by atoms with Crippen LogP contribution in [0.1, 0.15) is 28.8 Å². The quantitative estimate of drug-likeness (QED) is 0.0980. The van der Waals surface area contributed by atoms with Gasteiger partial charge in [0, 0.05) is 47.3 Å².